The van der Waals surface area contributed by atoms with Gasteiger partial charge in [-0.1, -0.05) is 6.92 Å². The largest absolute Gasteiger partial charge is 0.394 e. The Labute approximate surface area is 186 Å². The molecule has 0 aromatic carbocycles. The molecular weight excluding hydrogens is 428 g/mol. The first-order valence-electron chi connectivity index (χ1n) is 10.3. The van der Waals surface area contributed by atoms with Crippen LogP contribution in [-0.4, -0.2) is 96.0 Å². The third-order valence-electron chi connectivity index (χ3n) is 4.28. The number of carbonyl (C=O) groups excluding carboxylic acids is 5. The summed E-state index contributed by atoms with van der Waals surface area (Å²) >= 11 is 1.14. The van der Waals surface area contributed by atoms with Gasteiger partial charge in [0.2, 0.25) is 29.5 Å². The fourth-order valence-electron chi connectivity index (χ4n) is 2.76. The van der Waals surface area contributed by atoms with E-state index in [9.17, 15) is 24.0 Å². The Morgan fingerprint density at radius 1 is 1.23 bits per heavy atom. The Morgan fingerprint density at radius 3 is 2.61 bits per heavy atom. The molecule has 12 heteroatoms. The zero-order valence-corrected chi connectivity index (χ0v) is 18.8. The van der Waals surface area contributed by atoms with Crippen molar-refractivity contribution in [3.8, 4) is 0 Å². The maximum absolute atomic E-state index is 12.6. The topological polar surface area (TPSA) is 154 Å². The van der Waals surface area contributed by atoms with Gasteiger partial charge in [-0.2, -0.15) is 0 Å². The number of aliphatic hydroxyl groups is 1. The normalized spacial score (nSPS) is 16.9. The predicted octanol–water partition coefficient (Wildman–Crippen LogP) is -1.61. The number of hydrogen-bond acceptors (Lipinski definition) is 8. The van der Waals surface area contributed by atoms with Gasteiger partial charge in [0.05, 0.1) is 25.1 Å². The summed E-state index contributed by atoms with van der Waals surface area (Å²) < 4.78 is 5.03. The number of likely N-dealkylation sites (tertiary alicyclic amines) is 1. The number of amides is 5. The lowest BCUT2D eigenvalue weighted by Gasteiger charge is -2.19. The average Bonchev–Trinajstić information content (AvgIpc) is 3.00. The minimum absolute atomic E-state index is 0.0104. The zero-order chi connectivity index (χ0) is 23.2. The molecule has 5 amide bonds. The Morgan fingerprint density at radius 2 is 1.97 bits per heavy atom. The second-order valence-corrected chi connectivity index (χ2v) is 8.13. The van der Waals surface area contributed by atoms with Gasteiger partial charge in [-0.05, 0) is 6.42 Å². The smallest absolute Gasteiger partial charge is 0.243 e. The molecule has 176 valence electrons. The van der Waals surface area contributed by atoms with Crippen LogP contribution in [0.4, 0.5) is 0 Å². The molecule has 2 atom stereocenters. The number of imide groups is 1. The van der Waals surface area contributed by atoms with Crippen LogP contribution in [0.3, 0.4) is 0 Å². The highest BCUT2D eigenvalue weighted by Gasteiger charge is 2.39. The van der Waals surface area contributed by atoms with E-state index in [1.807, 2.05) is 6.92 Å². The van der Waals surface area contributed by atoms with Crippen LogP contribution in [-0.2, 0) is 28.7 Å². The van der Waals surface area contributed by atoms with Crippen LogP contribution in [0.15, 0.2) is 0 Å². The minimum atomic E-state index is -0.801. The molecule has 1 aliphatic rings. The van der Waals surface area contributed by atoms with Gasteiger partial charge in [0.1, 0.15) is 6.04 Å². The number of carbonyl (C=O) groups is 5. The number of nitrogens with one attached hydrogen (secondary N) is 3. The molecule has 0 aromatic rings. The Balaban J connectivity index is 2.47. The molecule has 2 unspecified atom stereocenters. The van der Waals surface area contributed by atoms with Gasteiger partial charge in [0, 0.05) is 45.2 Å². The molecule has 0 aromatic heterocycles. The Bertz CT molecular complexity index is 647. The highest BCUT2D eigenvalue weighted by molar-refractivity contribution is 8.00. The van der Waals surface area contributed by atoms with E-state index in [0.717, 1.165) is 23.1 Å². The van der Waals surface area contributed by atoms with Crippen LogP contribution in [0.2, 0.25) is 0 Å². The molecular formula is C19H32N4O7S. The fourth-order valence-corrected chi connectivity index (χ4v) is 3.95. The van der Waals surface area contributed by atoms with E-state index in [1.165, 1.54) is 6.92 Å². The first kappa shape index (κ1) is 26.9. The molecule has 31 heavy (non-hydrogen) atoms. The van der Waals surface area contributed by atoms with E-state index < -0.39 is 17.2 Å². The summed E-state index contributed by atoms with van der Waals surface area (Å²) in [6.07, 6.45) is 0.714. The zero-order valence-electron chi connectivity index (χ0n) is 18.0. The maximum Gasteiger partial charge on any atom is 0.243 e. The summed E-state index contributed by atoms with van der Waals surface area (Å²) in [5, 5.41) is 15.8. The minimum Gasteiger partial charge on any atom is -0.394 e. The third-order valence-corrected chi connectivity index (χ3v) is 5.57. The molecule has 1 rings (SSSR count). The third kappa shape index (κ3) is 10.1. The molecule has 0 bridgehead atoms. The van der Waals surface area contributed by atoms with Crippen molar-refractivity contribution in [1.29, 1.82) is 0 Å². The van der Waals surface area contributed by atoms with Crippen LogP contribution in [0.1, 0.15) is 33.1 Å². The Kier molecular flexibility index (Phi) is 12.8. The van der Waals surface area contributed by atoms with Crippen LogP contribution in [0.25, 0.3) is 0 Å². The van der Waals surface area contributed by atoms with Gasteiger partial charge in [0.25, 0.3) is 0 Å². The average molecular weight is 461 g/mol. The van der Waals surface area contributed by atoms with E-state index in [1.54, 1.807) is 0 Å². The highest BCUT2D eigenvalue weighted by atomic mass is 32.2. The van der Waals surface area contributed by atoms with E-state index in [-0.39, 0.29) is 75.1 Å². The van der Waals surface area contributed by atoms with Crippen molar-refractivity contribution in [2.75, 3.05) is 45.2 Å². The van der Waals surface area contributed by atoms with Crippen LogP contribution in [0.5, 0.6) is 0 Å². The first-order chi connectivity index (χ1) is 14.8. The quantitative estimate of drug-likeness (QED) is 0.168. The van der Waals surface area contributed by atoms with E-state index in [2.05, 4.69) is 16.0 Å². The lowest BCUT2D eigenvalue weighted by Crippen LogP contribution is -2.48. The molecule has 1 saturated heterocycles. The number of aliphatic hydroxyl groups excluding tert-OH is 1. The van der Waals surface area contributed by atoms with Crippen LogP contribution < -0.4 is 16.0 Å². The number of thioether (sulfide) groups is 1. The summed E-state index contributed by atoms with van der Waals surface area (Å²) in [5.41, 5.74) is 0. The van der Waals surface area contributed by atoms with Crippen molar-refractivity contribution in [2.24, 2.45) is 0 Å². The summed E-state index contributed by atoms with van der Waals surface area (Å²) in [6, 6.07) is -0.801. The summed E-state index contributed by atoms with van der Waals surface area (Å²) in [5.74, 6) is -1.63. The maximum atomic E-state index is 12.6. The van der Waals surface area contributed by atoms with Gasteiger partial charge < -0.3 is 25.8 Å². The van der Waals surface area contributed by atoms with Crippen LogP contribution >= 0.6 is 11.8 Å². The first-order valence-corrected chi connectivity index (χ1v) is 11.3. The molecule has 11 nitrogen and oxygen atoms in total. The molecule has 1 heterocycles. The van der Waals surface area contributed by atoms with Crippen molar-refractivity contribution < 1.29 is 33.8 Å². The molecule has 0 spiro atoms. The van der Waals surface area contributed by atoms with Crippen molar-refractivity contribution in [3.63, 3.8) is 0 Å². The Hall–Kier alpha value is -2.18. The molecule has 0 saturated carbocycles. The lowest BCUT2D eigenvalue weighted by molar-refractivity contribution is -0.138. The van der Waals surface area contributed by atoms with Gasteiger partial charge in [-0.15, -0.1) is 11.8 Å². The van der Waals surface area contributed by atoms with Gasteiger partial charge in [-0.3, -0.25) is 28.9 Å². The van der Waals surface area contributed by atoms with Crippen LogP contribution in [0, 0.1) is 0 Å². The van der Waals surface area contributed by atoms with E-state index in [0.29, 0.717) is 6.54 Å². The van der Waals surface area contributed by atoms with Gasteiger partial charge in [-0.25, -0.2) is 0 Å². The molecule has 4 N–H and O–H groups in total. The summed E-state index contributed by atoms with van der Waals surface area (Å²) in [6.45, 7) is 4.29. The van der Waals surface area contributed by atoms with Crippen molar-refractivity contribution in [2.45, 2.75) is 44.4 Å². The predicted molar refractivity (Wildman–Crippen MR) is 114 cm³/mol. The number of nitrogens with zero attached hydrogens (tertiary/aromatic N) is 1. The standard InChI is InChI=1S/C19H32N4O7S/c1-3-5-21-18(28)14(22-13(2)25)12-31-15-11-17(27)23(19(15)29)7-4-16(26)20-6-9-30-10-8-24/h14-15,24H,3-12H2,1-2H3,(H,20,26)(H,21,28)(H,22,25). The van der Waals surface area contributed by atoms with Gasteiger partial charge in [0.15, 0.2) is 0 Å². The number of hydrogen-bond donors (Lipinski definition) is 4. The second kappa shape index (κ2) is 14.8. The molecule has 1 fully saturated rings. The molecule has 0 aliphatic carbocycles. The van der Waals surface area contributed by atoms with Crippen molar-refractivity contribution >= 4 is 41.3 Å². The second-order valence-electron chi connectivity index (χ2n) is 6.89. The summed E-state index contributed by atoms with van der Waals surface area (Å²) in [7, 11) is 0. The lowest BCUT2D eigenvalue weighted by atomic mass is 10.3. The van der Waals surface area contributed by atoms with Crippen molar-refractivity contribution in [3.05, 3.63) is 0 Å². The molecule has 0 radical (unpaired) electrons. The monoisotopic (exact) mass is 460 g/mol. The number of rotatable bonds is 15. The SMILES string of the molecule is CCCNC(=O)C(CSC1CC(=O)N(CCC(=O)NCCOCCO)C1=O)NC(C)=O. The van der Waals surface area contributed by atoms with E-state index >= 15 is 0 Å². The van der Waals surface area contributed by atoms with Gasteiger partial charge >= 0.3 is 0 Å². The summed E-state index contributed by atoms with van der Waals surface area (Å²) in [4.78, 5) is 61.3. The molecule has 1 aliphatic heterocycles. The van der Waals surface area contributed by atoms with E-state index in [4.69, 9.17) is 9.84 Å². The number of ether oxygens (including phenoxy) is 1. The highest BCUT2D eigenvalue weighted by Crippen LogP contribution is 2.26. The fraction of sp³-hybridized carbons (Fsp3) is 0.737. The van der Waals surface area contributed by atoms with Crippen molar-refractivity contribution in [1.82, 2.24) is 20.9 Å².